The summed E-state index contributed by atoms with van der Waals surface area (Å²) >= 11 is 10.4. The van der Waals surface area contributed by atoms with Gasteiger partial charge in [-0.15, -0.1) is 0 Å². The maximum atomic E-state index is 12.2. The Morgan fingerprint density at radius 2 is 2.17 bits per heavy atom. The Bertz CT molecular complexity index is 308. The second-order valence-corrected chi connectivity index (χ2v) is 4.12. The first kappa shape index (κ1) is 10.6. The van der Waals surface area contributed by atoms with Gasteiger partial charge in [0.15, 0.2) is 0 Å². The SMILES string of the molecule is FC(F)c1cc(Cl)c(Br)nc1I. The summed E-state index contributed by atoms with van der Waals surface area (Å²) in [6.45, 7) is 0. The van der Waals surface area contributed by atoms with Gasteiger partial charge in [-0.05, 0) is 44.6 Å². The van der Waals surface area contributed by atoms with Gasteiger partial charge in [-0.3, -0.25) is 0 Å². The van der Waals surface area contributed by atoms with Gasteiger partial charge < -0.3 is 0 Å². The first-order valence-electron chi connectivity index (χ1n) is 2.82. The van der Waals surface area contributed by atoms with Crippen LogP contribution >= 0.6 is 50.1 Å². The van der Waals surface area contributed by atoms with Crippen molar-refractivity contribution in [3.8, 4) is 0 Å². The third-order valence-electron chi connectivity index (χ3n) is 1.15. The van der Waals surface area contributed by atoms with Gasteiger partial charge in [0.05, 0.1) is 10.6 Å². The molecule has 0 aliphatic heterocycles. The quantitative estimate of drug-likeness (QED) is 0.539. The Morgan fingerprint density at radius 1 is 1.58 bits per heavy atom. The summed E-state index contributed by atoms with van der Waals surface area (Å²) in [5.41, 5.74) is -0.135. The summed E-state index contributed by atoms with van der Waals surface area (Å²) in [4.78, 5) is 3.79. The molecule has 0 radical (unpaired) electrons. The molecule has 0 spiro atoms. The van der Waals surface area contributed by atoms with Crippen LogP contribution in [-0.4, -0.2) is 4.98 Å². The predicted octanol–water partition coefficient (Wildman–Crippen LogP) is 4.04. The fourth-order valence-electron chi connectivity index (χ4n) is 0.613. The lowest BCUT2D eigenvalue weighted by molar-refractivity contribution is 0.150. The van der Waals surface area contributed by atoms with E-state index in [1.165, 1.54) is 6.07 Å². The fourth-order valence-corrected chi connectivity index (χ4v) is 2.03. The molecule has 0 N–H and O–H groups in total. The third kappa shape index (κ3) is 2.26. The molecule has 0 aliphatic carbocycles. The lowest BCUT2D eigenvalue weighted by atomic mass is 10.3. The number of halogens is 5. The van der Waals surface area contributed by atoms with Crippen LogP contribution in [0.2, 0.25) is 5.02 Å². The third-order valence-corrected chi connectivity index (χ3v) is 3.13. The summed E-state index contributed by atoms with van der Waals surface area (Å²) in [6, 6.07) is 1.21. The molecule has 1 rings (SSSR count). The highest BCUT2D eigenvalue weighted by atomic mass is 127. The summed E-state index contributed by atoms with van der Waals surface area (Å²) in [7, 11) is 0. The normalized spacial score (nSPS) is 10.8. The van der Waals surface area contributed by atoms with Gasteiger partial charge in [0.1, 0.15) is 8.30 Å². The predicted molar refractivity (Wildman–Crippen MR) is 54.6 cm³/mol. The van der Waals surface area contributed by atoms with Crippen LogP contribution < -0.4 is 0 Å². The van der Waals surface area contributed by atoms with Gasteiger partial charge >= 0.3 is 0 Å². The minimum atomic E-state index is -2.53. The number of pyridine rings is 1. The highest BCUT2D eigenvalue weighted by Crippen LogP contribution is 2.29. The Hall–Kier alpha value is 0.510. The number of alkyl halides is 2. The average molecular weight is 368 g/mol. The maximum Gasteiger partial charge on any atom is 0.266 e. The topological polar surface area (TPSA) is 12.9 Å². The van der Waals surface area contributed by atoms with Crippen molar-refractivity contribution in [1.29, 1.82) is 0 Å². The summed E-state index contributed by atoms with van der Waals surface area (Å²) < 4.78 is 25.1. The van der Waals surface area contributed by atoms with E-state index in [0.29, 0.717) is 4.60 Å². The molecule has 0 saturated carbocycles. The number of hydrogen-bond acceptors (Lipinski definition) is 1. The van der Waals surface area contributed by atoms with Gasteiger partial charge in [0.2, 0.25) is 0 Å². The van der Waals surface area contributed by atoms with E-state index in [4.69, 9.17) is 11.6 Å². The van der Waals surface area contributed by atoms with Crippen molar-refractivity contribution in [2.24, 2.45) is 0 Å². The van der Waals surface area contributed by atoms with Crippen LogP contribution in [0.15, 0.2) is 10.7 Å². The summed E-state index contributed by atoms with van der Waals surface area (Å²) in [6.07, 6.45) is -2.53. The monoisotopic (exact) mass is 367 g/mol. The van der Waals surface area contributed by atoms with E-state index < -0.39 is 6.43 Å². The minimum absolute atomic E-state index is 0.135. The second-order valence-electron chi connectivity index (χ2n) is 1.94. The molecule has 12 heavy (non-hydrogen) atoms. The highest BCUT2D eigenvalue weighted by molar-refractivity contribution is 14.1. The van der Waals surface area contributed by atoms with E-state index in [2.05, 4.69) is 20.9 Å². The van der Waals surface area contributed by atoms with Crippen molar-refractivity contribution in [2.75, 3.05) is 0 Å². The number of aromatic nitrogens is 1. The molecule has 0 amide bonds. The van der Waals surface area contributed by atoms with Crippen LogP contribution in [0.5, 0.6) is 0 Å². The Balaban J connectivity index is 3.23. The molecule has 6 heteroatoms. The number of nitrogens with zero attached hydrogens (tertiary/aromatic N) is 1. The molecule has 0 unspecified atom stereocenters. The first-order chi connectivity index (χ1) is 5.52. The molecule has 0 aromatic carbocycles. The molecule has 0 saturated heterocycles. The van der Waals surface area contributed by atoms with Crippen molar-refractivity contribution in [3.63, 3.8) is 0 Å². The van der Waals surface area contributed by atoms with Crippen LogP contribution in [-0.2, 0) is 0 Å². The van der Waals surface area contributed by atoms with Gasteiger partial charge in [-0.25, -0.2) is 13.8 Å². The largest absolute Gasteiger partial charge is 0.266 e. The van der Waals surface area contributed by atoms with Gasteiger partial charge in [0, 0.05) is 0 Å². The van der Waals surface area contributed by atoms with Crippen molar-refractivity contribution in [3.05, 3.63) is 25.0 Å². The van der Waals surface area contributed by atoms with Gasteiger partial charge in [-0.1, -0.05) is 11.6 Å². The Kier molecular flexibility index (Phi) is 3.66. The van der Waals surface area contributed by atoms with Crippen LogP contribution in [0.1, 0.15) is 12.0 Å². The van der Waals surface area contributed by atoms with Crippen molar-refractivity contribution >= 4 is 50.1 Å². The lowest BCUT2D eigenvalue weighted by Gasteiger charge is -2.03. The van der Waals surface area contributed by atoms with E-state index in [-0.39, 0.29) is 14.3 Å². The zero-order chi connectivity index (χ0) is 9.30. The first-order valence-corrected chi connectivity index (χ1v) is 5.07. The van der Waals surface area contributed by atoms with Crippen LogP contribution in [0.25, 0.3) is 0 Å². The van der Waals surface area contributed by atoms with Gasteiger partial charge in [0.25, 0.3) is 6.43 Å². The zero-order valence-electron chi connectivity index (χ0n) is 5.49. The fraction of sp³-hybridized carbons (Fsp3) is 0.167. The molecule has 0 fully saturated rings. The van der Waals surface area contributed by atoms with Crippen LogP contribution in [0, 0.1) is 3.70 Å². The Labute approximate surface area is 94.8 Å². The average Bonchev–Trinajstić information content (AvgIpc) is 1.96. The molecule has 0 atom stereocenters. The van der Waals surface area contributed by atoms with Crippen LogP contribution in [0.3, 0.4) is 0 Å². The van der Waals surface area contributed by atoms with E-state index in [1.807, 2.05) is 0 Å². The molecular formula is C6H2BrClF2IN. The molecule has 0 bridgehead atoms. The molecule has 1 aromatic rings. The Morgan fingerprint density at radius 3 is 2.67 bits per heavy atom. The second kappa shape index (κ2) is 4.15. The molecule has 1 heterocycles. The summed E-state index contributed by atoms with van der Waals surface area (Å²) in [5, 5.41) is 0.200. The van der Waals surface area contributed by atoms with E-state index in [0.717, 1.165) is 0 Å². The van der Waals surface area contributed by atoms with E-state index in [9.17, 15) is 8.78 Å². The minimum Gasteiger partial charge on any atom is -0.233 e. The standard InChI is InChI=1S/C6H2BrClF2IN/c7-4-3(8)1-2(5(9)10)6(11)12-4/h1,5H. The van der Waals surface area contributed by atoms with Crippen LogP contribution in [0.4, 0.5) is 8.78 Å². The van der Waals surface area contributed by atoms with Crippen molar-refractivity contribution in [2.45, 2.75) is 6.43 Å². The molecule has 0 aliphatic rings. The zero-order valence-corrected chi connectivity index (χ0v) is 9.99. The molecular weight excluding hydrogens is 366 g/mol. The highest BCUT2D eigenvalue weighted by Gasteiger charge is 2.14. The van der Waals surface area contributed by atoms with E-state index in [1.54, 1.807) is 22.6 Å². The number of rotatable bonds is 1. The molecule has 66 valence electrons. The molecule has 1 nitrogen and oxygen atoms in total. The number of hydrogen-bond donors (Lipinski definition) is 0. The summed E-state index contributed by atoms with van der Waals surface area (Å²) in [5.74, 6) is 0. The van der Waals surface area contributed by atoms with E-state index >= 15 is 0 Å². The van der Waals surface area contributed by atoms with Crippen molar-refractivity contribution in [1.82, 2.24) is 4.98 Å². The maximum absolute atomic E-state index is 12.2. The lowest BCUT2D eigenvalue weighted by Crippen LogP contribution is -1.93. The smallest absolute Gasteiger partial charge is 0.233 e. The molecule has 1 aromatic heterocycles. The van der Waals surface area contributed by atoms with Crippen molar-refractivity contribution < 1.29 is 8.78 Å². The van der Waals surface area contributed by atoms with Gasteiger partial charge in [-0.2, -0.15) is 0 Å².